The Morgan fingerprint density at radius 3 is 2.55 bits per heavy atom. The first-order valence-electron chi connectivity index (χ1n) is 10.7. The molecule has 0 amide bonds. The molecule has 5 heteroatoms. The van der Waals surface area contributed by atoms with Crippen LogP contribution in [0.25, 0.3) is 11.1 Å². The Bertz CT molecular complexity index is 1160. The van der Waals surface area contributed by atoms with Gasteiger partial charge in [-0.3, -0.25) is 0 Å². The van der Waals surface area contributed by atoms with Gasteiger partial charge in [-0.1, -0.05) is 24.1 Å². The summed E-state index contributed by atoms with van der Waals surface area (Å²) in [7, 11) is 0. The lowest BCUT2D eigenvalue weighted by molar-refractivity contribution is 0.709. The molecule has 31 heavy (non-hydrogen) atoms. The molecule has 0 unspecified atom stereocenters. The SMILES string of the molecule is Cc1cc(C)c(-c2c(C#N)c(N)nc3c2CCCCC3)cc1CSc1ccc(Cl)cc1. The molecular weight excluding hydrogens is 422 g/mol. The number of thioether (sulfide) groups is 1. The van der Waals surface area contributed by atoms with Crippen LogP contribution >= 0.6 is 23.4 Å². The first-order valence-corrected chi connectivity index (χ1v) is 12.0. The predicted octanol–water partition coefficient (Wildman–Crippen LogP) is 7.03. The van der Waals surface area contributed by atoms with E-state index in [9.17, 15) is 5.26 Å². The number of halogens is 1. The minimum absolute atomic E-state index is 0.357. The van der Waals surface area contributed by atoms with Crippen molar-refractivity contribution in [3.63, 3.8) is 0 Å². The molecule has 0 atom stereocenters. The number of nitrogens with two attached hydrogens (primary N) is 1. The quantitative estimate of drug-likeness (QED) is 0.344. The van der Waals surface area contributed by atoms with E-state index in [0.717, 1.165) is 53.3 Å². The number of anilines is 1. The average molecular weight is 448 g/mol. The molecule has 1 aromatic heterocycles. The minimum atomic E-state index is 0.357. The van der Waals surface area contributed by atoms with E-state index >= 15 is 0 Å². The van der Waals surface area contributed by atoms with E-state index in [1.54, 1.807) is 11.8 Å². The fourth-order valence-electron chi connectivity index (χ4n) is 4.36. The Morgan fingerprint density at radius 2 is 1.81 bits per heavy atom. The van der Waals surface area contributed by atoms with Gasteiger partial charge in [0.15, 0.2) is 0 Å². The Labute approximate surface area is 193 Å². The molecule has 0 saturated carbocycles. The second-order valence-corrected chi connectivity index (χ2v) is 9.67. The number of rotatable bonds is 4. The van der Waals surface area contributed by atoms with E-state index in [4.69, 9.17) is 17.3 Å². The van der Waals surface area contributed by atoms with Gasteiger partial charge >= 0.3 is 0 Å². The van der Waals surface area contributed by atoms with Crippen LogP contribution < -0.4 is 5.73 Å². The van der Waals surface area contributed by atoms with Gasteiger partial charge in [0, 0.05) is 26.9 Å². The monoisotopic (exact) mass is 447 g/mol. The summed E-state index contributed by atoms with van der Waals surface area (Å²) in [6, 6.07) is 14.8. The summed E-state index contributed by atoms with van der Waals surface area (Å²) < 4.78 is 0. The largest absolute Gasteiger partial charge is 0.383 e. The highest BCUT2D eigenvalue weighted by Crippen LogP contribution is 2.38. The molecule has 2 N–H and O–H groups in total. The Balaban J connectivity index is 1.79. The zero-order valence-corrected chi connectivity index (χ0v) is 19.5. The van der Waals surface area contributed by atoms with Crippen molar-refractivity contribution in [2.45, 2.75) is 56.6 Å². The van der Waals surface area contributed by atoms with Crippen LogP contribution in [0.4, 0.5) is 5.82 Å². The number of hydrogen-bond donors (Lipinski definition) is 1. The molecule has 158 valence electrons. The number of pyridine rings is 1. The van der Waals surface area contributed by atoms with Crippen molar-refractivity contribution in [1.82, 2.24) is 4.98 Å². The molecule has 2 aromatic carbocycles. The van der Waals surface area contributed by atoms with Crippen LogP contribution in [-0.2, 0) is 18.6 Å². The van der Waals surface area contributed by atoms with Gasteiger partial charge in [0.1, 0.15) is 17.5 Å². The number of benzene rings is 2. The first kappa shape index (κ1) is 21.7. The van der Waals surface area contributed by atoms with Gasteiger partial charge in [-0.2, -0.15) is 5.26 Å². The highest BCUT2D eigenvalue weighted by atomic mass is 35.5. The zero-order valence-electron chi connectivity index (χ0n) is 18.0. The van der Waals surface area contributed by atoms with E-state index in [0.29, 0.717) is 11.4 Å². The summed E-state index contributed by atoms with van der Waals surface area (Å²) in [5, 5.41) is 10.7. The van der Waals surface area contributed by atoms with E-state index in [-0.39, 0.29) is 0 Å². The highest BCUT2D eigenvalue weighted by Gasteiger charge is 2.22. The van der Waals surface area contributed by atoms with Gasteiger partial charge < -0.3 is 5.73 Å². The van der Waals surface area contributed by atoms with Crippen molar-refractivity contribution >= 4 is 29.2 Å². The fourth-order valence-corrected chi connectivity index (χ4v) is 5.45. The molecule has 0 spiro atoms. The number of nitriles is 1. The molecular formula is C26H26ClN3S. The molecule has 0 aliphatic heterocycles. The number of nitrogens with zero attached hydrogens (tertiary/aromatic N) is 2. The third-order valence-electron chi connectivity index (χ3n) is 6.02. The number of aryl methyl sites for hydroxylation is 3. The van der Waals surface area contributed by atoms with E-state index in [2.05, 4.69) is 49.2 Å². The van der Waals surface area contributed by atoms with Crippen molar-refractivity contribution in [3.8, 4) is 17.2 Å². The first-order chi connectivity index (χ1) is 15.0. The van der Waals surface area contributed by atoms with Crippen LogP contribution in [0, 0.1) is 25.2 Å². The summed E-state index contributed by atoms with van der Waals surface area (Å²) in [6.07, 6.45) is 5.33. The second kappa shape index (κ2) is 9.34. The molecule has 0 fully saturated rings. The third kappa shape index (κ3) is 4.59. The standard InChI is InChI=1S/C26H26ClN3S/c1-16-12-17(2)22(13-18(16)15-31-20-10-8-19(27)9-11-20)25-21-6-4-3-5-7-24(21)30-26(29)23(25)14-28/h8-13H,3-7,15H2,1-2H3,(H2,29,30). The van der Waals surface area contributed by atoms with Gasteiger partial charge in [0.05, 0.1) is 0 Å². The number of nitrogen functional groups attached to an aromatic ring is 1. The zero-order chi connectivity index (χ0) is 22.0. The molecule has 1 aliphatic rings. The normalized spacial score (nSPS) is 13.4. The van der Waals surface area contributed by atoms with Crippen molar-refractivity contribution in [2.24, 2.45) is 0 Å². The smallest absolute Gasteiger partial charge is 0.142 e. The van der Waals surface area contributed by atoms with Gasteiger partial charge in [-0.05, 0) is 97.7 Å². The Kier molecular flexibility index (Phi) is 6.55. The van der Waals surface area contributed by atoms with Crippen LogP contribution in [0.1, 0.15) is 52.8 Å². The van der Waals surface area contributed by atoms with Gasteiger partial charge in [-0.15, -0.1) is 11.8 Å². The minimum Gasteiger partial charge on any atom is -0.383 e. The maximum Gasteiger partial charge on any atom is 0.142 e. The molecule has 4 rings (SSSR count). The van der Waals surface area contributed by atoms with E-state index in [1.807, 2.05) is 12.1 Å². The lowest BCUT2D eigenvalue weighted by Crippen LogP contribution is -2.08. The number of aromatic nitrogens is 1. The fraction of sp³-hybridized carbons (Fsp3) is 0.308. The topological polar surface area (TPSA) is 62.7 Å². The summed E-state index contributed by atoms with van der Waals surface area (Å²) in [6.45, 7) is 4.28. The van der Waals surface area contributed by atoms with Crippen molar-refractivity contribution in [3.05, 3.63) is 74.9 Å². The van der Waals surface area contributed by atoms with Gasteiger partial charge in [0.2, 0.25) is 0 Å². The highest BCUT2D eigenvalue weighted by molar-refractivity contribution is 7.98. The van der Waals surface area contributed by atoms with Crippen LogP contribution in [0.15, 0.2) is 41.3 Å². The van der Waals surface area contributed by atoms with Crippen LogP contribution in [-0.4, -0.2) is 4.98 Å². The summed E-state index contributed by atoms with van der Waals surface area (Å²) in [5.41, 5.74) is 14.9. The summed E-state index contributed by atoms with van der Waals surface area (Å²) in [4.78, 5) is 5.81. The third-order valence-corrected chi connectivity index (χ3v) is 7.34. The maximum absolute atomic E-state index is 9.94. The molecule has 0 radical (unpaired) electrons. The van der Waals surface area contributed by atoms with Crippen LogP contribution in [0.5, 0.6) is 0 Å². The number of fused-ring (bicyclic) bond motifs is 1. The van der Waals surface area contributed by atoms with Crippen molar-refractivity contribution in [2.75, 3.05) is 5.73 Å². The Morgan fingerprint density at radius 1 is 1.06 bits per heavy atom. The lowest BCUT2D eigenvalue weighted by Gasteiger charge is -2.19. The van der Waals surface area contributed by atoms with E-state index < -0.39 is 0 Å². The average Bonchev–Trinajstić information content (AvgIpc) is 2.99. The maximum atomic E-state index is 9.94. The molecule has 1 aliphatic carbocycles. The second-order valence-electron chi connectivity index (χ2n) is 8.18. The summed E-state index contributed by atoms with van der Waals surface area (Å²) in [5.74, 6) is 1.21. The van der Waals surface area contributed by atoms with Gasteiger partial charge in [-0.25, -0.2) is 4.98 Å². The predicted molar refractivity (Wildman–Crippen MR) is 131 cm³/mol. The van der Waals surface area contributed by atoms with Crippen molar-refractivity contribution < 1.29 is 0 Å². The molecule has 0 bridgehead atoms. The van der Waals surface area contributed by atoms with Crippen molar-refractivity contribution in [1.29, 1.82) is 5.26 Å². The van der Waals surface area contributed by atoms with Crippen LogP contribution in [0.3, 0.4) is 0 Å². The lowest BCUT2D eigenvalue weighted by atomic mass is 9.87. The molecule has 1 heterocycles. The molecule has 3 nitrogen and oxygen atoms in total. The van der Waals surface area contributed by atoms with E-state index in [1.165, 1.54) is 33.6 Å². The summed E-state index contributed by atoms with van der Waals surface area (Å²) >= 11 is 7.81. The molecule has 0 saturated heterocycles. The number of hydrogen-bond acceptors (Lipinski definition) is 4. The van der Waals surface area contributed by atoms with Crippen LogP contribution in [0.2, 0.25) is 5.02 Å². The van der Waals surface area contributed by atoms with Gasteiger partial charge in [0.25, 0.3) is 0 Å². The molecule has 3 aromatic rings. The Hall–Kier alpha value is -2.48.